The average Bonchev–Trinajstić information content (AvgIpc) is 3.10. The molecule has 1 heterocycles. The minimum atomic E-state index is -3.63. The number of aromatic nitrogens is 1. The van der Waals surface area contributed by atoms with Gasteiger partial charge in [0.15, 0.2) is 5.13 Å². The van der Waals surface area contributed by atoms with Crippen molar-refractivity contribution in [2.24, 2.45) is 0 Å². The third kappa shape index (κ3) is 4.21. The van der Waals surface area contributed by atoms with E-state index in [-0.39, 0.29) is 16.3 Å². The smallest absolute Gasteiger partial charge is 0.257 e. The largest absolute Gasteiger partial charge is 0.298 e. The number of halogens is 1. The van der Waals surface area contributed by atoms with Gasteiger partial charge in [-0.1, -0.05) is 6.07 Å². The quantitative estimate of drug-likeness (QED) is 0.705. The summed E-state index contributed by atoms with van der Waals surface area (Å²) in [5.74, 6) is -0.805. The fourth-order valence-electron chi connectivity index (χ4n) is 2.26. The summed E-state index contributed by atoms with van der Waals surface area (Å²) < 4.78 is 38.5. The summed E-state index contributed by atoms with van der Waals surface area (Å²) in [5, 5.41) is 4.76. The summed E-state index contributed by atoms with van der Waals surface area (Å²) in [4.78, 5) is 16.8. The number of anilines is 1. The number of amides is 1. The second kappa shape index (κ2) is 7.55. The van der Waals surface area contributed by atoms with Crippen molar-refractivity contribution in [1.82, 2.24) is 9.29 Å². The Labute approximate surface area is 160 Å². The zero-order chi connectivity index (χ0) is 19.6. The van der Waals surface area contributed by atoms with Crippen LogP contribution in [0.3, 0.4) is 0 Å². The van der Waals surface area contributed by atoms with Crippen molar-refractivity contribution in [3.63, 3.8) is 0 Å². The zero-order valence-corrected chi connectivity index (χ0v) is 16.1. The first-order chi connectivity index (χ1) is 12.8. The van der Waals surface area contributed by atoms with Crippen molar-refractivity contribution >= 4 is 32.4 Å². The second-order valence-corrected chi connectivity index (χ2v) is 8.82. The Morgan fingerprint density at radius 1 is 1.15 bits per heavy atom. The molecule has 1 aromatic heterocycles. The molecule has 3 rings (SSSR count). The van der Waals surface area contributed by atoms with Gasteiger partial charge in [-0.25, -0.2) is 22.1 Å². The molecule has 0 spiro atoms. The minimum absolute atomic E-state index is 0.0336. The van der Waals surface area contributed by atoms with Gasteiger partial charge in [0.05, 0.1) is 10.6 Å². The molecule has 140 valence electrons. The number of nitrogens with zero attached hydrogens (tertiary/aromatic N) is 2. The fraction of sp³-hybridized carbons (Fsp3) is 0.111. The van der Waals surface area contributed by atoms with Crippen molar-refractivity contribution < 1.29 is 17.6 Å². The molecule has 3 aromatic rings. The standard InChI is InChI=1S/C18H16FN3O3S2/c1-22(2)27(24,25)15-5-3-4-13(10-15)17(23)21-18-20-16(11-26-18)12-6-8-14(19)9-7-12/h3-11H,1-2H3,(H,20,21,23). The summed E-state index contributed by atoms with van der Waals surface area (Å²) in [7, 11) is -0.781. The number of benzene rings is 2. The maximum absolute atomic E-state index is 13.0. The third-order valence-corrected chi connectivity index (χ3v) is 6.31. The van der Waals surface area contributed by atoms with Crippen molar-refractivity contribution in [1.29, 1.82) is 0 Å². The first-order valence-corrected chi connectivity index (χ1v) is 10.1. The Morgan fingerprint density at radius 2 is 1.85 bits per heavy atom. The SMILES string of the molecule is CN(C)S(=O)(=O)c1cccc(C(=O)Nc2nc(-c3ccc(F)cc3)cs2)c1. The van der Waals surface area contributed by atoms with E-state index in [0.29, 0.717) is 10.8 Å². The Kier molecular flexibility index (Phi) is 5.36. The predicted molar refractivity (Wildman–Crippen MR) is 103 cm³/mol. The highest BCUT2D eigenvalue weighted by Gasteiger charge is 2.19. The van der Waals surface area contributed by atoms with E-state index in [9.17, 15) is 17.6 Å². The molecular weight excluding hydrogens is 389 g/mol. The monoisotopic (exact) mass is 405 g/mol. The van der Waals surface area contributed by atoms with Gasteiger partial charge in [0.1, 0.15) is 5.82 Å². The number of thiazole rings is 1. The molecule has 0 saturated carbocycles. The van der Waals surface area contributed by atoms with E-state index < -0.39 is 15.9 Å². The lowest BCUT2D eigenvalue weighted by molar-refractivity contribution is 0.102. The van der Waals surface area contributed by atoms with Crippen LogP contribution in [0.25, 0.3) is 11.3 Å². The van der Waals surface area contributed by atoms with Crippen LogP contribution in [-0.4, -0.2) is 37.7 Å². The van der Waals surface area contributed by atoms with Crippen molar-refractivity contribution in [2.45, 2.75) is 4.90 Å². The normalized spacial score (nSPS) is 11.6. The lowest BCUT2D eigenvalue weighted by Gasteiger charge is -2.12. The van der Waals surface area contributed by atoms with Gasteiger partial charge >= 0.3 is 0 Å². The van der Waals surface area contributed by atoms with Crippen molar-refractivity contribution in [3.8, 4) is 11.3 Å². The lowest BCUT2D eigenvalue weighted by Crippen LogP contribution is -2.22. The molecule has 0 unspecified atom stereocenters. The molecule has 0 aliphatic heterocycles. The molecule has 6 nitrogen and oxygen atoms in total. The highest BCUT2D eigenvalue weighted by molar-refractivity contribution is 7.89. The van der Waals surface area contributed by atoms with E-state index in [2.05, 4.69) is 10.3 Å². The summed E-state index contributed by atoms with van der Waals surface area (Å²) >= 11 is 1.22. The Hall–Kier alpha value is -2.62. The number of carbonyl (C=O) groups excluding carboxylic acids is 1. The van der Waals surface area contributed by atoms with Crippen LogP contribution >= 0.6 is 11.3 Å². The molecule has 0 saturated heterocycles. The summed E-state index contributed by atoms with van der Waals surface area (Å²) in [6.07, 6.45) is 0. The van der Waals surface area contributed by atoms with Crippen LogP contribution in [0, 0.1) is 5.82 Å². The lowest BCUT2D eigenvalue weighted by atomic mass is 10.2. The van der Waals surface area contributed by atoms with E-state index in [4.69, 9.17) is 0 Å². The zero-order valence-electron chi connectivity index (χ0n) is 14.5. The first kappa shape index (κ1) is 19.2. The molecule has 0 bridgehead atoms. The molecule has 0 fully saturated rings. The summed E-state index contributed by atoms with van der Waals surface area (Å²) in [5.41, 5.74) is 1.54. The van der Waals surface area contributed by atoms with Crippen LogP contribution in [0.1, 0.15) is 10.4 Å². The fourth-order valence-corrected chi connectivity index (χ4v) is 3.93. The number of carbonyl (C=O) groups is 1. The molecule has 1 N–H and O–H groups in total. The Bertz CT molecular complexity index is 1080. The maximum atomic E-state index is 13.0. The van der Waals surface area contributed by atoms with Crippen LogP contribution in [0.4, 0.5) is 9.52 Å². The number of nitrogens with one attached hydrogen (secondary N) is 1. The van der Waals surface area contributed by atoms with Crippen LogP contribution in [-0.2, 0) is 10.0 Å². The van der Waals surface area contributed by atoms with Crippen LogP contribution in [0.2, 0.25) is 0 Å². The van der Waals surface area contributed by atoms with Gasteiger partial charge < -0.3 is 0 Å². The molecule has 0 aliphatic carbocycles. The van der Waals surface area contributed by atoms with Crippen LogP contribution in [0.5, 0.6) is 0 Å². The molecule has 2 aromatic carbocycles. The molecule has 27 heavy (non-hydrogen) atoms. The third-order valence-electron chi connectivity index (χ3n) is 3.74. The number of sulfonamides is 1. The van der Waals surface area contributed by atoms with E-state index in [1.165, 1.54) is 61.8 Å². The van der Waals surface area contributed by atoms with Crippen LogP contribution in [0.15, 0.2) is 58.8 Å². The molecule has 0 aliphatic rings. The van der Waals surface area contributed by atoms with E-state index in [1.54, 1.807) is 17.5 Å². The van der Waals surface area contributed by atoms with Gasteiger partial charge in [-0.2, -0.15) is 0 Å². The van der Waals surface area contributed by atoms with Crippen LogP contribution < -0.4 is 5.32 Å². The number of rotatable bonds is 5. The molecule has 1 amide bonds. The topological polar surface area (TPSA) is 79.4 Å². The van der Waals surface area contributed by atoms with Crippen molar-refractivity contribution in [2.75, 3.05) is 19.4 Å². The van der Waals surface area contributed by atoms with Crippen molar-refractivity contribution in [3.05, 3.63) is 65.3 Å². The Balaban J connectivity index is 1.79. The van der Waals surface area contributed by atoms with Gasteiger partial charge in [-0.3, -0.25) is 10.1 Å². The Morgan fingerprint density at radius 3 is 2.52 bits per heavy atom. The maximum Gasteiger partial charge on any atom is 0.257 e. The van der Waals surface area contributed by atoms with E-state index >= 15 is 0 Å². The molecular formula is C18H16FN3O3S2. The summed E-state index contributed by atoms with van der Waals surface area (Å²) in [6, 6.07) is 11.7. The highest BCUT2D eigenvalue weighted by Crippen LogP contribution is 2.25. The number of hydrogen-bond acceptors (Lipinski definition) is 5. The molecule has 0 atom stereocenters. The van der Waals surface area contributed by atoms with E-state index in [0.717, 1.165) is 9.87 Å². The van der Waals surface area contributed by atoms with Gasteiger partial charge in [0.25, 0.3) is 5.91 Å². The average molecular weight is 405 g/mol. The second-order valence-electron chi connectivity index (χ2n) is 5.81. The van der Waals surface area contributed by atoms with Gasteiger partial charge in [-0.05, 0) is 42.5 Å². The summed E-state index contributed by atoms with van der Waals surface area (Å²) in [6.45, 7) is 0. The van der Waals surface area contributed by atoms with Gasteiger partial charge in [0.2, 0.25) is 10.0 Å². The first-order valence-electron chi connectivity index (χ1n) is 7.83. The van der Waals surface area contributed by atoms with Gasteiger partial charge in [0, 0.05) is 30.6 Å². The highest BCUT2D eigenvalue weighted by atomic mass is 32.2. The van der Waals surface area contributed by atoms with Gasteiger partial charge in [-0.15, -0.1) is 11.3 Å². The van der Waals surface area contributed by atoms with E-state index in [1.807, 2.05) is 0 Å². The molecule has 9 heteroatoms. The molecule has 0 radical (unpaired) electrons. The minimum Gasteiger partial charge on any atom is -0.298 e. The number of hydrogen-bond donors (Lipinski definition) is 1. The predicted octanol–water partition coefficient (Wildman–Crippen LogP) is 3.45.